The van der Waals surface area contributed by atoms with E-state index in [1.165, 1.54) is 0 Å². The van der Waals surface area contributed by atoms with Crippen molar-refractivity contribution >= 4 is 29.8 Å². The van der Waals surface area contributed by atoms with Crippen LogP contribution in [0.1, 0.15) is 33.6 Å². The van der Waals surface area contributed by atoms with Gasteiger partial charge in [-0.15, -0.1) is 0 Å². The highest BCUT2D eigenvalue weighted by molar-refractivity contribution is 7.80. The van der Waals surface area contributed by atoms with E-state index in [0.717, 1.165) is 32.5 Å². The van der Waals surface area contributed by atoms with Crippen molar-refractivity contribution in [3.8, 4) is 0 Å². The minimum absolute atomic E-state index is 0.218. The van der Waals surface area contributed by atoms with Gasteiger partial charge >= 0.3 is 6.09 Å². The van der Waals surface area contributed by atoms with Crippen molar-refractivity contribution in [2.45, 2.75) is 39.2 Å². The molecule has 1 rings (SSSR count). The van der Waals surface area contributed by atoms with Crippen LogP contribution in [0.4, 0.5) is 4.79 Å². The standard InChI is InChI=1S/C15H28N4O2S/c1-15(2,3)21-14(20)19-8-6-12(7-9-19)10-16-13(22)17-11-18(4)5/h11-12H,6-10H2,1-5H3,(H,16,22)/b17-11+. The molecule has 1 aliphatic heterocycles. The fraction of sp³-hybridized carbons (Fsp3) is 0.800. The number of thiocarbonyl (C=S) groups is 1. The molecule has 0 spiro atoms. The maximum absolute atomic E-state index is 12.0. The molecule has 0 bridgehead atoms. The van der Waals surface area contributed by atoms with Crippen LogP contribution in [0.5, 0.6) is 0 Å². The highest BCUT2D eigenvalue weighted by Crippen LogP contribution is 2.19. The first-order chi connectivity index (χ1) is 10.2. The Balaban J connectivity index is 2.28. The SMILES string of the molecule is CN(C)/C=N/C(=S)NCC1CCN(C(=O)OC(C)(C)C)CC1. The molecule has 1 fully saturated rings. The van der Waals surface area contributed by atoms with Gasteiger partial charge in [0, 0.05) is 33.7 Å². The van der Waals surface area contributed by atoms with Crippen LogP contribution in [0.2, 0.25) is 0 Å². The van der Waals surface area contributed by atoms with Gasteiger partial charge in [-0.05, 0) is 51.7 Å². The molecule has 7 heteroatoms. The molecule has 0 aromatic carbocycles. The van der Waals surface area contributed by atoms with Gasteiger partial charge in [0.25, 0.3) is 0 Å². The number of piperidine rings is 1. The zero-order valence-corrected chi connectivity index (χ0v) is 15.1. The molecular formula is C15H28N4O2S. The predicted octanol–water partition coefficient (Wildman–Crippen LogP) is 2.10. The maximum atomic E-state index is 12.0. The summed E-state index contributed by atoms with van der Waals surface area (Å²) in [6.07, 6.45) is 3.36. The number of hydrogen-bond acceptors (Lipinski definition) is 3. The van der Waals surface area contributed by atoms with Crippen LogP contribution in [-0.2, 0) is 4.74 Å². The van der Waals surface area contributed by atoms with Gasteiger partial charge in [0.15, 0.2) is 5.11 Å². The molecule has 1 aliphatic rings. The quantitative estimate of drug-likeness (QED) is 0.488. The van der Waals surface area contributed by atoms with Gasteiger partial charge < -0.3 is 19.9 Å². The van der Waals surface area contributed by atoms with E-state index in [1.807, 2.05) is 39.8 Å². The Hall–Kier alpha value is -1.37. The fourth-order valence-electron chi connectivity index (χ4n) is 2.09. The molecule has 0 saturated carbocycles. The molecule has 6 nitrogen and oxygen atoms in total. The number of aliphatic imine (C=N–C) groups is 1. The van der Waals surface area contributed by atoms with E-state index in [4.69, 9.17) is 17.0 Å². The highest BCUT2D eigenvalue weighted by atomic mass is 32.1. The Bertz CT molecular complexity index is 410. The molecule has 22 heavy (non-hydrogen) atoms. The van der Waals surface area contributed by atoms with Crippen LogP contribution in [0.15, 0.2) is 4.99 Å². The van der Waals surface area contributed by atoms with Crippen LogP contribution in [-0.4, -0.2) is 66.7 Å². The fourth-order valence-corrected chi connectivity index (χ4v) is 2.22. The third-order valence-corrected chi connectivity index (χ3v) is 3.46. The minimum Gasteiger partial charge on any atom is -0.444 e. The monoisotopic (exact) mass is 328 g/mol. The van der Waals surface area contributed by atoms with Crippen LogP contribution in [0.25, 0.3) is 0 Å². The molecule has 0 aromatic heterocycles. The van der Waals surface area contributed by atoms with E-state index in [1.54, 1.807) is 11.2 Å². The Morgan fingerprint density at radius 2 is 2.00 bits per heavy atom. The number of ether oxygens (including phenoxy) is 1. The zero-order chi connectivity index (χ0) is 16.8. The first kappa shape index (κ1) is 18.7. The number of rotatable bonds is 3. The van der Waals surface area contributed by atoms with Gasteiger partial charge in [0.2, 0.25) is 0 Å². The Labute approximate surface area is 138 Å². The smallest absolute Gasteiger partial charge is 0.410 e. The summed E-state index contributed by atoms with van der Waals surface area (Å²) >= 11 is 5.15. The number of nitrogens with zero attached hydrogens (tertiary/aromatic N) is 3. The molecule has 0 aliphatic carbocycles. The predicted molar refractivity (Wildman–Crippen MR) is 93.3 cm³/mol. The second-order valence-electron chi connectivity index (χ2n) is 6.81. The summed E-state index contributed by atoms with van der Waals surface area (Å²) in [5.74, 6) is 0.506. The average molecular weight is 328 g/mol. The van der Waals surface area contributed by atoms with E-state index in [-0.39, 0.29) is 6.09 Å². The van der Waals surface area contributed by atoms with E-state index >= 15 is 0 Å². The lowest BCUT2D eigenvalue weighted by Crippen LogP contribution is -2.43. The van der Waals surface area contributed by atoms with Crippen molar-refractivity contribution in [1.29, 1.82) is 0 Å². The summed E-state index contributed by atoms with van der Waals surface area (Å²) in [6, 6.07) is 0. The van der Waals surface area contributed by atoms with Crippen LogP contribution < -0.4 is 5.32 Å². The summed E-state index contributed by atoms with van der Waals surface area (Å²) in [4.78, 5) is 19.7. The first-order valence-electron chi connectivity index (χ1n) is 7.64. The van der Waals surface area contributed by atoms with Crippen molar-refractivity contribution in [2.24, 2.45) is 10.9 Å². The first-order valence-corrected chi connectivity index (χ1v) is 8.04. The normalized spacial score (nSPS) is 16.7. The summed E-state index contributed by atoms with van der Waals surface area (Å²) in [5, 5.41) is 3.67. The Morgan fingerprint density at radius 1 is 1.41 bits per heavy atom. The van der Waals surface area contributed by atoms with Crippen LogP contribution in [0, 0.1) is 5.92 Å². The van der Waals surface area contributed by atoms with Crippen LogP contribution in [0.3, 0.4) is 0 Å². The number of carbonyl (C=O) groups excluding carboxylic acids is 1. The molecule has 1 amide bonds. The third-order valence-electron chi connectivity index (χ3n) is 3.21. The highest BCUT2D eigenvalue weighted by Gasteiger charge is 2.26. The Kier molecular flexibility index (Phi) is 7.06. The van der Waals surface area contributed by atoms with Gasteiger partial charge in [0.1, 0.15) is 5.60 Å². The van der Waals surface area contributed by atoms with Gasteiger partial charge in [-0.2, -0.15) is 0 Å². The maximum Gasteiger partial charge on any atom is 0.410 e. The second-order valence-corrected chi connectivity index (χ2v) is 7.19. The summed E-state index contributed by atoms with van der Waals surface area (Å²) in [7, 11) is 3.80. The molecule has 126 valence electrons. The van der Waals surface area contributed by atoms with Crippen molar-refractivity contribution in [3.05, 3.63) is 0 Å². The Morgan fingerprint density at radius 3 is 2.50 bits per heavy atom. The van der Waals surface area contributed by atoms with Gasteiger partial charge in [0.05, 0.1) is 6.34 Å². The molecule has 1 saturated heterocycles. The number of amides is 1. The van der Waals surface area contributed by atoms with Crippen LogP contribution >= 0.6 is 12.2 Å². The summed E-state index contributed by atoms with van der Waals surface area (Å²) in [6.45, 7) is 7.92. The van der Waals surface area contributed by atoms with E-state index < -0.39 is 5.60 Å². The number of carbonyl (C=O) groups is 1. The van der Waals surface area contributed by atoms with Gasteiger partial charge in [-0.1, -0.05) is 0 Å². The molecule has 0 aromatic rings. The number of hydrogen-bond donors (Lipinski definition) is 1. The largest absolute Gasteiger partial charge is 0.444 e. The molecule has 0 atom stereocenters. The molecule has 0 unspecified atom stereocenters. The molecule has 1 N–H and O–H groups in total. The lowest BCUT2D eigenvalue weighted by Gasteiger charge is -2.33. The molecule has 1 heterocycles. The lowest BCUT2D eigenvalue weighted by molar-refractivity contribution is 0.0185. The average Bonchev–Trinajstić information content (AvgIpc) is 2.41. The van der Waals surface area contributed by atoms with E-state index in [2.05, 4.69) is 10.3 Å². The molecule has 0 radical (unpaired) electrons. The second kappa shape index (κ2) is 8.31. The number of likely N-dealkylation sites (tertiary alicyclic amines) is 1. The van der Waals surface area contributed by atoms with E-state index in [9.17, 15) is 4.79 Å². The van der Waals surface area contributed by atoms with Gasteiger partial charge in [-0.3, -0.25) is 0 Å². The van der Waals surface area contributed by atoms with Crippen molar-refractivity contribution in [2.75, 3.05) is 33.7 Å². The lowest BCUT2D eigenvalue weighted by atomic mass is 9.97. The van der Waals surface area contributed by atoms with Crippen molar-refractivity contribution in [1.82, 2.24) is 15.1 Å². The third kappa shape index (κ3) is 7.59. The minimum atomic E-state index is -0.438. The van der Waals surface area contributed by atoms with Crippen molar-refractivity contribution in [3.63, 3.8) is 0 Å². The topological polar surface area (TPSA) is 57.2 Å². The van der Waals surface area contributed by atoms with Crippen molar-refractivity contribution < 1.29 is 9.53 Å². The molecular weight excluding hydrogens is 300 g/mol. The summed E-state index contributed by atoms with van der Waals surface area (Å²) < 4.78 is 5.39. The zero-order valence-electron chi connectivity index (χ0n) is 14.3. The summed E-state index contributed by atoms with van der Waals surface area (Å²) in [5.41, 5.74) is -0.438. The number of nitrogens with one attached hydrogen (secondary N) is 1. The van der Waals surface area contributed by atoms with E-state index in [0.29, 0.717) is 11.0 Å². The van der Waals surface area contributed by atoms with Gasteiger partial charge in [-0.25, -0.2) is 9.79 Å².